The average Bonchev–Trinajstić information content (AvgIpc) is 2.61. The number of benzene rings is 1. The molecule has 0 aliphatic carbocycles. The fourth-order valence-electron chi connectivity index (χ4n) is 3.36. The number of likely N-dealkylation sites (tertiary alicyclic amines) is 1. The monoisotopic (exact) mass is 316 g/mol. The molecule has 5 heteroatoms. The van der Waals surface area contributed by atoms with Gasteiger partial charge in [-0.15, -0.1) is 0 Å². The van der Waals surface area contributed by atoms with Crippen LogP contribution in [0.1, 0.15) is 18.4 Å². The van der Waals surface area contributed by atoms with Crippen LogP contribution in [0.3, 0.4) is 0 Å². The maximum absolute atomic E-state index is 12.2. The molecule has 2 saturated heterocycles. The molecule has 5 nitrogen and oxygen atoms in total. The number of hydrogen-bond acceptors (Lipinski definition) is 4. The Morgan fingerprint density at radius 3 is 2.35 bits per heavy atom. The highest BCUT2D eigenvalue weighted by atomic mass is 16.6. The Balaban J connectivity index is 1.40. The lowest BCUT2D eigenvalue weighted by atomic mass is 10.0. The standard InChI is InChI=1S/C18H26N3O2/c1-19-9-7-17(8-10-19)20-11-13-21(14-12-20)18(22)23-15-16-5-3-2-4-6-16/h2-6,17H,1,7-15H2/q-1. The highest BCUT2D eigenvalue weighted by Crippen LogP contribution is 2.18. The number of carbonyl (C=O) groups excluding carboxylic acids is 1. The largest absolute Gasteiger partial charge is 0.459 e. The van der Waals surface area contributed by atoms with Crippen molar-refractivity contribution in [2.45, 2.75) is 25.5 Å². The fourth-order valence-corrected chi connectivity index (χ4v) is 3.36. The molecule has 2 heterocycles. The Kier molecular flexibility index (Phi) is 5.51. The Labute approximate surface area is 138 Å². The van der Waals surface area contributed by atoms with E-state index in [0.29, 0.717) is 12.6 Å². The maximum atomic E-state index is 12.2. The normalized spacial score (nSPS) is 21.3. The van der Waals surface area contributed by atoms with Gasteiger partial charge >= 0.3 is 6.09 Å². The molecule has 3 rings (SSSR count). The molecule has 1 amide bonds. The quantitative estimate of drug-likeness (QED) is 0.801. The third-order valence-corrected chi connectivity index (χ3v) is 4.85. The minimum absolute atomic E-state index is 0.193. The van der Waals surface area contributed by atoms with Gasteiger partial charge in [-0.1, -0.05) is 30.3 Å². The van der Waals surface area contributed by atoms with Gasteiger partial charge in [-0.3, -0.25) is 11.9 Å². The van der Waals surface area contributed by atoms with Crippen LogP contribution in [0.2, 0.25) is 0 Å². The Hall–Kier alpha value is -1.59. The van der Waals surface area contributed by atoms with Crippen LogP contribution in [0, 0.1) is 7.05 Å². The second-order valence-corrected chi connectivity index (χ2v) is 6.41. The molecule has 0 spiro atoms. The summed E-state index contributed by atoms with van der Waals surface area (Å²) in [6, 6.07) is 10.5. The molecular weight excluding hydrogens is 290 g/mol. The summed E-state index contributed by atoms with van der Waals surface area (Å²) in [7, 11) is 4.00. The van der Waals surface area contributed by atoms with Gasteiger partial charge in [0.15, 0.2) is 0 Å². The molecule has 2 aliphatic rings. The van der Waals surface area contributed by atoms with Crippen molar-refractivity contribution in [2.24, 2.45) is 0 Å². The van der Waals surface area contributed by atoms with E-state index in [0.717, 1.165) is 44.8 Å². The molecule has 0 bridgehead atoms. The van der Waals surface area contributed by atoms with Crippen molar-refractivity contribution in [3.63, 3.8) is 0 Å². The minimum Gasteiger partial charge on any atom is -0.459 e. The van der Waals surface area contributed by atoms with Gasteiger partial charge in [-0.05, 0) is 31.5 Å². The predicted molar refractivity (Wildman–Crippen MR) is 89.7 cm³/mol. The highest BCUT2D eigenvalue weighted by Gasteiger charge is 2.27. The van der Waals surface area contributed by atoms with Crippen molar-refractivity contribution in [1.29, 1.82) is 0 Å². The molecule has 0 aromatic heterocycles. The Bertz CT molecular complexity index is 492. The van der Waals surface area contributed by atoms with Crippen LogP contribution in [0.5, 0.6) is 0 Å². The lowest BCUT2D eigenvalue weighted by molar-refractivity contribution is 0.0477. The number of rotatable bonds is 3. The van der Waals surface area contributed by atoms with Crippen molar-refractivity contribution < 1.29 is 9.53 Å². The molecule has 126 valence electrons. The second kappa shape index (κ2) is 7.79. The summed E-state index contributed by atoms with van der Waals surface area (Å²) < 4.78 is 5.42. The van der Waals surface area contributed by atoms with Gasteiger partial charge < -0.3 is 14.5 Å². The van der Waals surface area contributed by atoms with Crippen molar-refractivity contribution in [2.75, 3.05) is 39.3 Å². The molecule has 0 atom stereocenters. The summed E-state index contributed by atoms with van der Waals surface area (Å²) in [5.74, 6) is 0. The predicted octanol–water partition coefficient (Wildman–Crippen LogP) is 2.20. The number of amides is 1. The van der Waals surface area contributed by atoms with E-state index in [1.54, 1.807) is 0 Å². The number of ether oxygens (including phenoxy) is 1. The SMILES string of the molecule is [CH2-]N1CCC(N2CCN(C(=O)OCc3ccccc3)CC2)CC1. The molecule has 2 fully saturated rings. The van der Waals surface area contributed by atoms with Gasteiger partial charge in [0.2, 0.25) is 0 Å². The number of carbonyl (C=O) groups is 1. The minimum atomic E-state index is -0.193. The first kappa shape index (κ1) is 16.3. The van der Waals surface area contributed by atoms with E-state index < -0.39 is 0 Å². The summed E-state index contributed by atoms with van der Waals surface area (Å²) in [6.45, 7) is 5.91. The summed E-state index contributed by atoms with van der Waals surface area (Å²) in [6.07, 6.45) is 2.17. The van der Waals surface area contributed by atoms with E-state index in [1.165, 1.54) is 12.8 Å². The van der Waals surface area contributed by atoms with E-state index >= 15 is 0 Å². The van der Waals surface area contributed by atoms with Crippen molar-refractivity contribution in [3.8, 4) is 0 Å². The third kappa shape index (κ3) is 4.45. The lowest BCUT2D eigenvalue weighted by Crippen LogP contribution is -2.54. The Morgan fingerprint density at radius 2 is 1.70 bits per heavy atom. The molecule has 23 heavy (non-hydrogen) atoms. The Morgan fingerprint density at radius 1 is 1.04 bits per heavy atom. The summed E-state index contributed by atoms with van der Waals surface area (Å²) in [5.41, 5.74) is 1.03. The first-order valence-electron chi connectivity index (χ1n) is 8.47. The van der Waals surface area contributed by atoms with Crippen molar-refractivity contribution in [3.05, 3.63) is 42.9 Å². The molecule has 0 radical (unpaired) electrons. The van der Waals surface area contributed by atoms with Crippen LogP contribution in [-0.2, 0) is 11.3 Å². The van der Waals surface area contributed by atoms with Crippen LogP contribution in [0.15, 0.2) is 30.3 Å². The van der Waals surface area contributed by atoms with Crippen molar-refractivity contribution >= 4 is 6.09 Å². The summed E-state index contributed by atoms with van der Waals surface area (Å²) in [4.78, 5) is 18.7. The molecule has 2 aliphatic heterocycles. The van der Waals surface area contributed by atoms with Gasteiger partial charge in [-0.2, -0.15) is 0 Å². The van der Waals surface area contributed by atoms with E-state index in [2.05, 4.69) is 16.8 Å². The highest BCUT2D eigenvalue weighted by molar-refractivity contribution is 5.67. The number of piperazine rings is 1. The van der Waals surface area contributed by atoms with Crippen LogP contribution in [0.4, 0.5) is 4.79 Å². The van der Waals surface area contributed by atoms with Crippen LogP contribution in [-0.4, -0.2) is 66.1 Å². The van der Waals surface area contributed by atoms with Crippen molar-refractivity contribution in [1.82, 2.24) is 14.7 Å². The van der Waals surface area contributed by atoms with E-state index in [1.807, 2.05) is 35.2 Å². The first-order valence-corrected chi connectivity index (χ1v) is 8.47. The molecule has 0 N–H and O–H groups in total. The first-order chi connectivity index (χ1) is 11.2. The average molecular weight is 316 g/mol. The number of hydrogen-bond donors (Lipinski definition) is 0. The van der Waals surface area contributed by atoms with Crippen LogP contribution in [0.25, 0.3) is 0 Å². The zero-order valence-electron chi connectivity index (χ0n) is 13.7. The number of piperidine rings is 1. The third-order valence-electron chi connectivity index (χ3n) is 4.85. The maximum Gasteiger partial charge on any atom is 0.410 e. The molecule has 0 saturated carbocycles. The van der Waals surface area contributed by atoms with E-state index in [4.69, 9.17) is 4.74 Å². The van der Waals surface area contributed by atoms with E-state index in [-0.39, 0.29) is 6.09 Å². The molecule has 0 unspecified atom stereocenters. The van der Waals surface area contributed by atoms with Gasteiger partial charge in [-0.25, -0.2) is 4.79 Å². The summed E-state index contributed by atoms with van der Waals surface area (Å²) in [5, 5.41) is 0. The van der Waals surface area contributed by atoms with E-state index in [9.17, 15) is 4.79 Å². The summed E-state index contributed by atoms with van der Waals surface area (Å²) >= 11 is 0. The number of nitrogens with zero attached hydrogens (tertiary/aromatic N) is 3. The molecule has 1 aromatic carbocycles. The fraction of sp³-hybridized carbons (Fsp3) is 0.556. The van der Waals surface area contributed by atoms with Gasteiger partial charge in [0, 0.05) is 32.2 Å². The van der Waals surface area contributed by atoms with Gasteiger partial charge in [0.25, 0.3) is 0 Å². The van der Waals surface area contributed by atoms with Crippen LogP contribution >= 0.6 is 0 Å². The van der Waals surface area contributed by atoms with Crippen LogP contribution < -0.4 is 0 Å². The van der Waals surface area contributed by atoms with Gasteiger partial charge in [0.05, 0.1) is 0 Å². The zero-order chi connectivity index (χ0) is 16.1. The second-order valence-electron chi connectivity index (χ2n) is 6.41. The molecule has 1 aromatic rings. The smallest absolute Gasteiger partial charge is 0.410 e. The lowest BCUT2D eigenvalue weighted by Gasteiger charge is -2.43. The van der Waals surface area contributed by atoms with Gasteiger partial charge in [0.1, 0.15) is 6.61 Å². The topological polar surface area (TPSA) is 36.0 Å². The zero-order valence-corrected chi connectivity index (χ0v) is 13.7. The molecular formula is C18H26N3O2-.